The molecule has 1 aromatic heterocycles. The van der Waals surface area contributed by atoms with E-state index in [-0.39, 0.29) is 5.41 Å². The van der Waals surface area contributed by atoms with E-state index in [4.69, 9.17) is 6.42 Å². The van der Waals surface area contributed by atoms with Crippen molar-refractivity contribution in [1.29, 1.82) is 0 Å². The van der Waals surface area contributed by atoms with E-state index in [1.54, 1.807) is 0 Å². The Morgan fingerprint density at radius 2 is 2.50 bits per heavy atom. The van der Waals surface area contributed by atoms with Crippen LogP contribution in [0.2, 0.25) is 0 Å². The molecule has 0 N–H and O–H groups in total. The Morgan fingerprint density at radius 1 is 1.75 bits per heavy atom. The minimum absolute atomic E-state index is 0.000417. The van der Waals surface area contributed by atoms with Gasteiger partial charge in [-0.2, -0.15) is 5.10 Å². The van der Waals surface area contributed by atoms with Crippen molar-refractivity contribution in [2.45, 2.75) is 31.7 Å². The molecular formula is C10H12N2. The van der Waals surface area contributed by atoms with Gasteiger partial charge in [0.25, 0.3) is 0 Å². The molecule has 0 amide bonds. The predicted octanol–water partition coefficient (Wildman–Crippen LogP) is 1.57. The van der Waals surface area contributed by atoms with E-state index < -0.39 is 0 Å². The summed E-state index contributed by atoms with van der Waals surface area (Å²) in [7, 11) is 0. The van der Waals surface area contributed by atoms with E-state index in [0.29, 0.717) is 0 Å². The van der Waals surface area contributed by atoms with Crippen LogP contribution < -0.4 is 0 Å². The van der Waals surface area contributed by atoms with E-state index >= 15 is 0 Å². The molecule has 1 fully saturated rings. The third-order valence-electron chi connectivity index (χ3n) is 2.48. The molecule has 12 heavy (non-hydrogen) atoms. The maximum atomic E-state index is 5.45. The standard InChI is InChI=1S/C10H12N2/c1-3-10(6-7-10)9-5-8-12(4-2)11-9/h1,5,8H,4,6-7H2,2H3. The van der Waals surface area contributed by atoms with Gasteiger partial charge < -0.3 is 0 Å². The third kappa shape index (κ3) is 0.937. The summed E-state index contributed by atoms with van der Waals surface area (Å²) >= 11 is 0. The van der Waals surface area contributed by atoms with Gasteiger partial charge in [-0.1, -0.05) is 5.92 Å². The first-order valence-corrected chi connectivity index (χ1v) is 4.32. The summed E-state index contributed by atoms with van der Waals surface area (Å²) < 4.78 is 1.92. The van der Waals surface area contributed by atoms with Gasteiger partial charge in [-0.3, -0.25) is 4.68 Å². The van der Waals surface area contributed by atoms with Crippen LogP contribution >= 0.6 is 0 Å². The summed E-state index contributed by atoms with van der Waals surface area (Å²) in [4.78, 5) is 0. The molecule has 62 valence electrons. The molecule has 0 aromatic carbocycles. The average Bonchev–Trinajstić information content (AvgIpc) is 2.77. The van der Waals surface area contributed by atoms with E-state index in [1.165, 1.54) is 0 Å². The highest BCUT2D eigenvalue weighted by molar-refractivity contribution is 5.35. The normalized spacial score (nSPS) is 18.7. The Bertz CT molecular complexity index is 326. The lowest BCUT2D eigenvalue weighted by atomic mass is 10.1. The molecule has 0 atom stereocenters. The molecule has 0 bridgehead atoms. The Hall–Kier alpha value is -1.23. The van der Waals surface area contributed by atoms with Crippen molar-refractivity contribution < 1.29 is 0 Å². The van der Waals surface area contributed by atoms with Crippen LogP contribution in [-0.4, -0.2) is 9.78 Å². The molecule has 0 aliphatic heterocycles. The van der Waals surface area contributed by atoms with Gasteiger partial charge in [-0.15, -0.1) is 6.42 Å². The molecule has 0 radical (unpaired) electrons. The summed E-state index contributed by atoms with van der Waals surface area (Å²) in [5.41, 5.74) is 1.08. The molecule has 2 heteroatoms. The monoisotopic (exact) mass is 160 g/mol. The fourth-order valence-corrected chi connectivity index (χ4v) is 1.39. The van der Waals surface area contributed by atoms with E-state index in [0.717, 1.165) is 25.1 Å². The second-order valence-electron chi connectivity index (χ2n) is 3.28. The largest absolute Gasteiger partial charge is 0.273 e. The van der Waals surface area contributed by atoms with E-state index in [9.17, 15) is 0 Å². The third-order valence-corrected chi connectivity index (χ3v) is 2.48. The van der Waals surface area contributed by atoms with Crippen LogP contribution in [0.3, 0.4) is 0 Å². The van der Waals surface area contributed by atoms with Gasteiger partial charge in [-0.05, 0) is 25.8 Å². The molecule has 0 unspecified atom stereocenters. The fourth-order valence-electron chi connectivity index (χ4n) is 1.39. The molecule has 0 saturated heterocycles. The Morgan fingerprint density at radius 3 is 2.92 bits per heavy atom. The van der Waals surface area contributed by atoms with Crippen molar-refractivity contribution in [3.63, 3.8) is 0 Å². The van der Waals surface area contributed by atoms with Gasteiger partial charge in [0.05, 0.1) is 11.1 Å². The molecule has 1 aliphatic carbocycles. The summed E-state index contributed by atoms with van der Waals surface area (Å²) in [5.74, 6) is 2.83. The lowest BCUT2D eigenvalue weighted by molar-refractivity contribution is 0.638. The number of aryl methyl sites for hydroxylation is 1. The van der Waals surface area contributed by atoms with E-state index in [1.807, 2.05) is 16.9 Å². The first-order valence-electron chi connectivity index (χ1n) is 4.32. The lowest BCUT2D eigenvalue weighted by Crippen LogP contribution is -2.05. The maximum absolute atomic E-state index is 5.45. The Labute approximate surface area is 72.6 Å². The van der Waals surface area contributed by atoms with Crippen LogP contribution in [-0.2, 0) is 12.0 Å². The van der Waals surface area contributed by atoms with Crippen molar-refractivity contribution in [2.24, 2.45) is 0 Å². The number of hydrogen-bond donors (Lipinski definition) is 0. The second-order valence-corrected chi connectivity index (χ2v) is 3.28. The van der Waals surface area contributed by atoms with Crippen LogP contribution in [0.4, 0.5) is 0 Å². The quantitative estimate of drug-likeness (QED) is 0.600. The van der Waals surface area contributed by atoms with Gasteiger partial charge in [0.15, 0.2) is 0 Å². The SMILES string of the molecule is C#CC1(c2ccn(CC)n2)CC1. The first-order chi connectivity index (χ1) is 5.80. The molecular weight excluding hydrogens is 148 g/mol. The minimum Gasteiger partial charge on any atom is -0.273 e. The topological polar surface area (TPSA) is 17.8 Å². The number of hydrogen-bond acceptors (Lipinski definition) is 1. The molecule has 1 saturated carbocycles. The fraction of sp³-hybridized carbons (Fsp3) is 0.500. The van der Waals surface area contributed by atoms with Crippen molar-refractivity contribution in [3.8, 4) is 12.3 Å². The van der Waals surface area contributed by atoms with Crippen LogP contribution in [0.15, 0.2) is 12.3 Å². The zero-order chi connectivity index (χ0) is 8.60. The zero-order valence-corrected chi connectivity index (χ0v) is 7.25. The molecule has 1 heterocycles. The average molecular weight is 160 g/mol. The van der Waals surface area contributed by atoms with Gasteiger partial charge >= 0.3 is 0 Å². The number of terminal acetylenes is 1. The van der Waals surface area contributed by atoms with Crippen molar-refractivity contribution in [2.75, 3.05) is 0 Å². The maximum Gasteiger partial charge on any atom is 0.0805 e. The highest BCUT2D eigenvalue weighted by Crippen LogP contribution is 2.46. The van der Waals surface area contributed by atoms with Gasteiger partial charge in [0.2, 0.25) is 0 Å². The zero-order valence-electron chi connectivity index (χ0n) is 7.25. The first kappa shape index (κ1) is 7.42. The van der Waals surface area contributed by atoms with Crippen molar-refractivity contribution in [1.82, 2.24) is 9.78 Å². The minimum atomic E-state index is 0.000417. The summed E-state index contributed by atoms with van der Waals surface area (Å²) in [5, 5.41) is 4.41. The number of aromatic nitrogens is 2. The second kappa shape index (κ2) is 2.38. The van der Waals surface area contributed by atoms with Gasteiger partial charge in [-0.25, -0.2) is 0 Å². The molecule has 2 rings (SSSR count). The molecule has 1 aromatic rings. The predicted molar refractivity (Wildman–Crippen MR) is 47.6 cm³/mol. The molecule has 1 aliphatic rings. The van der Waals surface area contributed by atoms with Crippen molar-refractivity contribution in [3.05, 3.63) is 18.0 Å². The van der Waals surface area contributed by atoms with Crippen molar-refractivity contribution >= 4 is 0 Å². The highest BCUT2D eigenvalue weighted by Gasteiger charge is 2.44. The highest BCUT2D eigenvalue weighted by atomic mass is 15.3. The number of nitrogens with zero attached hydrogens (tertiary/aromatic N) is 2. The summed E-state index contributed by atoms with van der Waals surface area (Å²) in [6.45, 7) is 2.99. The lowest BCUT2D eigenvalue weighted by Gasteiger charge is -2.01. The Balaban J connectivity index is 2.30. The van der Waals surface area contributed by atoms with Gasteiger partial charge in [0.1, 0.15) is 0 Å². The van der Waals surface area contributed by atoms with E-state index in [2.05, 4.69) is 17.9 Å². The number of rotatable bonds is 2. The summed E-state index contributed by atoms with van der Waals surface area (Å²) in [6, 6.07) is 2.04. The summed E-state index contributed by atoms with van der Waals surface area (Å²) in [6.07, 6.45) is 9.65. The van der Waals surface area contributed by atoms with Gasteiger partial charge in [0, 0.05) is 12.7 Å². The molecule has 2 nitrogen and oxygen atoms in total. The molecule has 0 spiro atoms. The van der Waals surface area contributed by atoms with Crippen LogP contribution in [0.25, 0.3) is 0 Å². The van der Waals surface area contributed by atoms with Crippen LogP contribution in [0.5, 0.6) is 0 Å². The van der Waals surface area contributed by atoms with Crippen LogP contribution in [0, 0.1) is 12.3 Å². The van der Waals surface area contributed by atoms with Crippen LogP contribution in [0.1, 0.15) is 25.5 Å². The Kier molecular flexibility index (Phi) is 1.47. The smallest absolute Gasteiger partial charge is 0.0805 e.